The number of imidazole rings is 1. The first-order chi connectivity index (χ1) is 34.9. The van der Waals surface area contributed by atoms with E-state index in [-0.39, 0.29) is 70.6 Å². The van der Waals surface area contributed by atoms with Crippen molar-refractivity contribution >= 4 is 69.1 Å². The number of carbonyl (C=O) groups is 3. The van der Waals surface area contributed by atoms with Crippen molar-refractivity contribution in [3.63, 3.8) is 0 Å². The van der Waals surface area contributed by atoms with Crippen LogP contribution in [0.15, 0.2) is 12.7 Å². The predicted molar refractivity (Wildman–Crippen MR) is 259 cm³/mol. The first-order valence-electron chi connectivity index (χ1n) is 25.3. The van der Waals surface area contributed by atoms with Crippen molar-refractivity contribution in [1.29, 1.82) is 0 Å². The molecule has 424 valence electrons. The summed E-state index contributed by atoms with van der Waals surface area (Å²) in [5.41, 5.74) is 4.34. The van der Waals surface area contributed by atoms with Crippen molar-refractivity contribution in [2.75, 3.05) is 37.8 Å². The number of nitrogens with one attached hydrogen (secondary N) is 2. The SMILES string of the molecule is C[C@H](CCC(=O)SCCNC(=O)CCNC(=O)[C@H](O)C(C)(C)COP(=O)([O-])OP(=O)([O-])OC[C@H]1O[C@@H](n2cnc3c(N)ncnc32)[C@H](O)[C@@H]1OP(=O)([O-])[O-])[C@H]1CC[C@H]2[C@@H]3[C@H](O)C[C@@H]4C[C@H](O)CC[C@]4(C)[C@H]3CC[C@]12C. The average Bonchev–Trinajstić information content (AvgIpc) is 4.01. The zero-order valence-electron chi connectivity index (χ0n) is 42.5. The van der Waals surface area contributed by atoms with Crippen LogP contribution in [0.4, 0.5) is 5.82 Å². The zero-order chi connectivity index (χ0) is 55.1. The molecule has 0 bridgehead atoms. The highest BCUT2D eigenvalue weighted by Crippen LogP contribution is 2.68. The molecule has 2 unspecified atom stereocenters. The Balaban J connectivity index is 0.778. The van der Waals surface area contributed by atoms with E-state index in [4.69, 9.17) is 10.5 Å². The topological polar surface area (TPSA) is 415 Å². The van der Waals surface area contributed by atoms with E-state index in [1.807, 2.05) is 0 Å². The van der Waals surface area contributed by atoms with E-state index in [0.717, 1.165) is 86.8 Å². The summed E-state index contributed by atoms with van der Waals surface area (Å²) in [6.07, 6.45) is 0.708. The second-order valence-electron chi connectivity index (χ2n) is 22.2. The molecule has 2 aromatic heterocycles. The van der Waals surface area contributed by atoms with E-state index in [0.29, 0.717) is 41.8 Å². The minimum atomic E-state index is -5.94. The number of hydrogen-bond acceptors (Lipinski definition) is 24. The Kier molecular flexibility index (Phi) is 19.0. The third-order valence-corrected chi connectivity index (χ3v) is 20.9. The van der Waals surface area contributed by atoms with Crippen LogP contribution in [0.5, 0.6) is 0 Å². The monoisotopic (exact) mass is 1140 g/mol. The molecule has 0 radical (unpaired) electrons. The molecule has 4 saturated carbocycles. The van der Waals surface area contributed by atoms with Crippen LogP contribution in [-0.2, 0) is 50.7 Å². The average molecular weight is 1140 g/mol. The molecule has 30 heteroatoms. The van der Waals surface area contributed by atoms with Gasteiger partial charge in [-0.15, -0.1) is 0 Å². The van der Waals surface area contributed by atoms with Gasteiger partial charge >= 0.3 is 0 Å². The fourth-order valence-corrected chi connectivity index (χ4v) is 16.5. The van der Waals surface area contributed by atoms with E-state index in [1.54, 1.807) is 0 Å². The summed E-state index contributed by atoms with van der Waals surface area (Å²) >= 11 is 1.14. The number of hydrogen-bond donors (Lipinski definition) is 7. The standard InChI is InChI=1S/C45H74N7O19P3S/c1-24(27-7-8-28-34-29(11-14-45(27,28)5)44(4)13-10-26(53)18-25(44)19-30(34)54)6-9-33(56)75-17-16-47-32(55)12-15-48-41(59)38(58)43(2,3)21-68-74(65,66)71-73(63,64)67-20-31-37(70-72(60,61)62)36(57)42(69-31)52-23-51-35-39(46)49-22-50-40(35)52/h22-31,34,36-38,42,53-54,57-58H,6-21H2,1-5H3,(H,47,55)(H,48,59)(H,63,64)(H,65,66)(H2,46,49,50)(H2,60,61,62)/p-4/t24-,25+,26-,27-,28+,29+,30-,31-,34+,36-,37-,38+,42-,44+,45-/m1/s1. The maximum absolute atomic E-state index is 13.0. The lowest BCUT2D eigenvalue weighted by molar-refractivity contribution is -0.347. The van der Waals surface area contributed by atoms with Gasteiger partial charge in [0.15, 0.2) is 22.8 Å². The maximum Gasteiger partial charge on any atom is 0.274 e. The minimum absolute atomic E-state index is 0.0231. The molecule has 3 heterocycles. The number of ether oxygens (including phenoxy) is 1. The van der Waals surface area contributed by atoms with Gasteiger partial charge in [-0.1, -0.05) is 46.4 Å². The van der Waals surface area contributed by atoms with Crippen LogP contribution >= 0.6 is 35.2 Å². The molecule has 0 spiro atoms. The molecule has 17 atom stereocenters. The Labute approximate surface area is 438 Å². The fourth-order valence-electron chi connectivity index (χ4n) is 13.1. The largest absolute Gasteiger partial charge is 0.790 e. The zero-order valence-corrected chi connectivity index (χ0v) is 46.0. The van der Waals surface area contributed by atoms with Crippen molar-refractivity contribution < 1.29 is 90.7 Å². The summed E-state index contributed by atoms with van der Waals surface area (Å²) in [5.74, 6) is 1.14. The lowest BCUT2D eigenvalue weighted by Gasteiger charge is -2.62. The molecule has 8 N–H and O–H groups in total. The van der Waals surface area contributed by atoms with Crippen LogP contribution in [0.2, 0.25) is 0 Å². The summed E-state index contributed by atoms with van der Waals surface area (Å²) in [5, 5.41) is 48.6. The number of carbonyl (C=O) groups excluding carboxylic acids is 3. The molecule has 0 aromatic carbocycles. The van der Waals surface area contributed by atoms with Gasteiger partial charge < -0.3 is 79.2 Å². The normalized spacial score (nSPS) is 34.3. The van der Waals surface area contributed by atoms with Crippen molar-refractivity contribution in [3.05, 3.63) is 12.7 Å². The molecule has 4 aliphatic carbocycles. The highest BCUT2D eigenvalue weighted by atomic mass is 32.2. The number of aliphatic hydroxyl groups excluding tert-OH is 4. The molecular formula is C45H70N7O19P3S-4. The van der Waals surface area contributed by atoms with E-state index in [2.05, 4.69) is 64.2 Å². The number of rotatable bonds is 23. The predicted octanol–water partition coefficient (Wildman–Crippen LogP) is 0.544. The van der Waals surface area contributed by atoms with Gasteiger partial charge in [-0.2, -0.15) is 0 Å². The Bertz CT molecular complexity index is 2530. The van der Waals surface area contributed by atoms with Crippen molar-refractivity contribution in [3.8, 4) is 0 Å². The first kappa shape index (κ1) is 60.1. The highest BCUT2D eigenvalue weighted by molar-refractivity contribution is 8.13. The van der Waals surface area contributed by atoms with Crippen molar-refractivity contribution in [1.82, 2.24) is 30.2 Å². The number of nitrogen functional groups attached to an aromatic ring is 1. The van der Waals surface area contributed by atoms with Crippen LogP contribution < -0.4 is 35.9 Å². The van der Waals surface area contributed by atoms with Gasteiger partial charge in [0.05, 0.1) is 39.6 Å². The van der Waals surface area contributed by atoms with E-state index < -0.39 is 84.6 Å². The van der Waals surface area contributed by atoms with Crippen LogP contribution in [0.1, 0.15) is 111 Å². The highest BCUT2D eigenvalue weighted by Gasteiger charge is 2.63. The van der Waals surface area contributed by atoms with Gasteiger partial charge in [-0.05, 0) is 104 Å². The van der Waals surface area contributed by atoms with Gasteiger partial charge in [0, 0.05) is 37.1 Å². The number of thioether (sulfide) groups is 1. The number of anilines is 1. The van der Waals surface area contributed by atoms with Crippen molar-refractivity contribution in [2.24, 2.45) is 51.8 Å². The van der Waals surface area contributed by atoms with Crippen LogP contribution in [-0.4, -0.2) is 126 Å². The molecular weight excluding hydrogens is 1070 g/mol. The second kappa shape index (κ2) is 23.7. The summed E-state index contributed by atoms with van der Waals surface area (Å²) in [7, 11) is -17.7. The molecule has 75 heavy (non-hydrogen) atoms. The summed E-state index contributed by atoms with van der Waals surface area (Å²) < 4.78 is 61.1. The summed E-state index contributed by atoms with van der Waals surface area (Å²) in [6, 6.07) is 0. The number of phosphoric acid groups is 3. The van der Waals surface area contributed by atoms with Gasteiger partial charge in [0.2, 0.25) is 11.8 Å². The quantitative estimate of drug-likeness (QED) is 0.0590. The Morgan fingerprint density at radius 3 is 2.36 bits per heavy atom. The summed E-state index contributed by atoms with van der Waals surface area (Å²) in [4.78, 5) is 98.2. The number of aliphatic hydroxyl groups is 4. The second-order valence-corrected chi connectivity index (χ2v) is 27.4. The molecule has 7 rings (SSSR count). The molecule has 1 saturated heterocycles. The smallest absolute Gasteiger partial charge is 0.274 e. The van der Waals surface area contributed by atoms with Crippen LogP contribution in [0.3, 0.4) is 0 Å². The molecule has 5 fully saturated rings. The number of fused-ring (bicyclic) bond motifs is 6. The number of aromatic nitrogens is 4. The Hall–Kier alpha value is -2.52. The van der Waals surface area contributed by atoms with Gasteiger partial charge in [-0.25, -0.2) is 19.3 Å². The lowest BCUT2D eigenvalue weighted by atomic mass is 9.43. The number of phosphoric ester groups is 3. The summed E-state index contributed by atoms with van der Waals surface area (Å²) in [6.45, 7) is 7.16. The van der Waals surface area contributed by atoms with Crippen LogP contribution in [0.25, 0.3) is 11.2 Å². The first-order valence-corrected chi connectivity index (χ1v) is 30.7. The van der Waals surface area contributed by atoms with Gasteiger partial charge in [0.1, 0.15) is 36.3 Å². The third-order valence-electron chi connectivity index (χ3n) is 17.0. The fraction of sp³-hybridized carbons (Fsp3) is 0.822. The van der Waals surface area contributed by atoms with E-state index in [9.17, 15) is 68.1 Å². The maximum atomic E-state index is 13.0. The third kappa shape index (κ3) is 13.9. The van der Waals surface area contributed by atoms with Gasteiger partial charge in [0.25, 0.3) is 15.6 Å². The van der Waals surface area contributed by atoms with Crippen molar-refractivity contribution in [2.45, 2.75) is 148 Å². The van der Waals surface area contributed by atoms with E-state index >= 15 is 0 Å². The number of amides is 2. The molecule has 26 nitrogen and oxygen atoms in total. The number of nitrogens with two attached hydrogens (primary N) is 1. The van der Waals surface area contributed by atoms with Crippen LogP contribution in [0, 0.1) is 51.8 Å². The lowest BCUT2D eigenvalue weighted by Crippen LogP contribution is -2.58. The number of nitrogens with zero attached hydrogens (tertiary/aromatic N) is 4. The Morgan fingerprint density at radius 1 is 0.947 bits per heavy atom. The Morgan fingerprint density at radius 2 is 1.64 bits per heavy atom. The molecule has 5 aliphatic rings. The van der Waals surface area contributed by atoms with Gasteiger partial charge in [-0.3, -0.25) is 28.1 Å². The molecule has 2 amide bonds. The minimum Gasteiger partial charge on any atom is -0.790 e. The molecule has 1 aliphatic heterocycles. The molecule has 2 aromatic rings. The van der Waals surface area contributed by atoms with E-state index in [1.165, 1.54) is 13.8 Å².